The summed E-state index contributed by atoms with van der Waals surface area (Å²) in [5.74, 6) is -5.41. The third kappa shape index (κ3) is 12.9. The summed E-state index contributed by atoms with van der Waals surface area (Å²) >= 11 is 0. The molecule has 4 aliphatic rings. The van der Waals surface area contributed by atoms with Gasteiger partial charge in [-0.1, -0.05) is 141 Å². The lowest BCUT2D eigenvalue weighted by molar-refractivity contribution is -0.154. The van der Waals surface area contributed by atoms with Crippen LogP contribution in [-0.2, 0) is 70.0 Å². The van der Waals surface area contributed by atoms with Crippen LogP contribution in [-0.4, -0.2) is 145 Å². The first kappa shape index (κ1) is 58.5. The predicted octanol–water partition coefficient (Wildman–Crippen LogP) is 4.87. The average molecular weight is 1140 g/mol. The Morgan fingerprint density at radius 3 is 1.87 bits per heavy atom. The van der Waals surface area contributed by atoms with Gasteiger partial charge in [0.15, 0.2) is 5.72 Å². The van der Waals surface area contributed by atoms with Crippen molar-refractivity contribution >= 4 is 58.2 Å². The fourth-order valence-corrected chi connectivity index (χ4v) is 12.2. The summed E-state index contributed by atoms with van der Waals surface area (Å²) in [7, 11) is 0. The van der Waals surface area contributed by atoms with E-state index < -0.39 is 108 Å². The number of para-hydroxylation sites is 1. The summed E-state index contributed by atoms with van der Waals surface area (Å²) in [5, 5.41) is 26.0. The Kier molecular flexibility index (Phi) is 18.0. The van der Waals surface area contributed by atoms with Crippen LogP contribution in [0.25, 0.3) is 10.9 Å². The molecule has 4 aliphatic heterocycles. The molecule has 3 saturated heterocycles. The molecule has 19 nitrogen and oxygen atoms in total. The van der Waals surface area contributed by atoms with Crippen molar-refractivity contribution in [2.24, 2.45) is 5.92 Å². The van der Waals surface area contributed by atoms with E-state index in [9.17, 15) is 24.3 Å². The second-order valence-corrected chi connectivity index (χ2v) is 22.9. The number of nitrogens with one attached hydrogen (secondary N) is 5. The van der Waals surface area contributed by atoms with Gasteiger partial charge in [-0.25, -0.2) is 0 Å². The number of benzene rings is 5. The Morgan fingerprint density at radius 1 is 0.595 bits per heavy atom. The second-order valence-electron chi connectivity index (χ2n) is 22.9. The first-order valence-electron chi connectivity index (χ1n) is 29.1. The van der Waals surface area contributed by atoms with E-state index in [-0.39, 0.29) is 75.4 Å². The van der Waals surface area contributed by atoms with Crippen LogP contribution in [0.15, 0.2) is 146 Å². The number of rotatable bonds is 12. The molecule has 0 unspecified atom stereocenters. The number of hydrogen-bond acceptors (Lipinski definition) is 10. The van der Waals surface area contributed by atoms with Gasteiger partial charge in [-0.2, -0.15) is 0 Å². The maximum atomic E-state index is 15.7. The van der Waals surface area contributed by atoms with E-state index in [1.54, 1.807) is 49.5 Å². The highest BCUT2D eigenvalue weighted by Gasteiger charge is 2.52. The maximum absolute atomic E-state index is 15.7. The quantitative estimate of drug-likeness (QED) is 0.0972. The number of fused-ring (bicyclic) bond motifs is 6. The highest BCUT2D eigenvalue weighted by atomic mass is 16.5. The molecule has 0 saturated carbocycles. The molecule has 0 aliphatic carbocycles. The van der Waals surface area contributed by atoms with Crippen molar-refractivity contribution in [3.05, 3.63) is 179 Å². The Balaban J connectivity index is 1.07. The molecule has 3 fully saturated rings. The van der Waals surface area contributed by atoms with Crippen LogP contribution in [0, 0.1) is 5.92 Å². The third-order valence-electron chi connectivity index (χ3n) is 16.6. The van der Waals surface area contributed by atoms with E-state index in [0.717, 1.165) is 21.4 Å². The molecular formula is C65H73N9O10. The number of β-amino-alcohol motifs (C(OH)–C–C–N with tert-alkyl or cyclic N) is 1. The van der Waals surface area contributed by atoms with Crippen molar-refractivity contribution in [1.29, 1.82) is 0 Å². The van der Waals surface area contributed by atoms with Gasteiger partial charge in [0.05, 0.1) is 19.3 Å². The third-order valence-corrected chi connectivity index (χ3v) is 16.6. The number of aromatic nitrogens is 1. The van der Waals surface area contributed by atoms with Crippen molar-refractivity contribution in [2.75, 3.05) is 26.2 Å². The molecule has 6 N–H and O–H groups in total. The second kappa shape index (κ2) is 25.9. The van der Waals surface area contributed by atoms with Gasteiger partial charge < -0.3 is 50.8 Å². The largest absolute Gasteiger partial charge is 0.371 e. The minimum Gasteiger partial charge on any atom is -0.371 e. The maximum Gasteiger partial charge on any atom is 0.257 e. The summed E-state index contributed by atoms with van der Waals surface area (Å²) in [6.07, 6.45) is 2.12. The molecule has 10 rings (SSSR count). The number of aromatic amines is 1. The first-order chi connectivity index (χ1) is 40.6. The highest BCUT2D eigenvalue weighted by Crippen LogP contribution is 2.39. The van der Waals surface area contributed by atoms with Gasteiger partial charge in [-0.05, 0) is 79.3 Å². The van der Waals surface area contributed by atoms with Crippen LogP contribution in [0.3, 0.4) is 0 Å². The molecule has 5 heterocycles. The van der Waals surface area contributed by atoms with Crippen molar-refractivity contribution in [3.8, 4) is 0 Å². The van der Waals surface area contributed by atoms with E-state index in [1.165, 1.54) is 14.7 Å². The van der Waals surface area contributed by atoms with Gasteiger partial charge in [-0.15, -0.1) is 0 Å². The molecule has 1 aromatic heterocycles. The fourth-order valence-electron chi connectivity index (χ4n) is 12.2. The van der Waals surface area contributed by atoms with Crippen LogP contribution >= 0.6 is 0 Å². The number of H-pyrrole nitrogens is 1. The van der Waals surface area contributed by atoms with Crippen LogP contribution in [0.4, 0.5) is 0 Å². The molecule has 5 aromatic carbocycles. The first-order valence-corrected chi connectivity index (χ1v) is 29.1. The zero-order chi connectivity index (χ0) is 59.1. The van der Waals surface area contributed by atoms with Gasteiger partial charge in [0.2, 0.25) is 41.4 Å². The lowest BCUT2D eigenvalue weighted by Gasteiger charge is -2.40. The van der Waals surface area contributed by atoms with E-state index in [0.29, 0.717) is 29.5 Å². The predicted molar refractivity (Wildman–Crippen MR) is 313 cm³/mol. The van der Waals surface area contributed by atoms with Crippen LogP contribution in [0.1, 0.15) is 91.1 Å². The van der Waals surface area contributed by atoms with Crippen LogP contribution < -0.4 is 21.3 Å². The normalized spacial score (nSPS) is 24.4. The zero-order valence-electron chi connectivity index (χ0n) is 47.6. The van der Waals surface area contributed by atoms with Crippen molar-refractivity contribution in [2.45, 2.75) is 127 Å². The van der Waals surface area contributed by atoms with E-state index in [2.05, 4.69) is 26.3 Å². The van der Waals surface area contributed by atoms with E-state index >= 15 is 19.2 Å². The van der Waals surface area contributed by atoms with E-state index in [1.807, 2.05) is 117 Å². The minimum absolute atomic E-state index is 0.00343. The van der Waals surface area contributed by atoms with Crippen LogP contribution in [0.2, 0.25) is 0 Å². The summed E-state index contributed by atoms with van der Waals surface area (Å²) in [4.78, 5) is 129. The Hall–Kier alpha value is -8.68. The molecule has 438 valence electrons. The summed E-state index contributed by atoms with van der Waals surface area (Å²) in [6.45, 7) is 4.36. The van der Waals surface area contributed by atoms with Gasteiger partial charge in [0.1, 0.15) is 42.8 Å². The number of amides is 8. The highest BCUT2D eigenvalue weighted by molar-refractivity contribution is 6.03. The lowest BCUT2D eigenvalue weighted by atomic mass is 9.98. The topological polar surface area (TPSA) is 243 Å². The smallest absolute Gasteiger partial charge is 0.257 e. The van der Waals surface area contributed by atoms with Gasteiger partial charge in [-0.3, -0.25) is 43.3 Å². The van der Waals surface area contributed by atoms with Crippen LogP contribution in [0.5, 0.6) is 0 Å². The average Bonchev–Trinajstić information content (AvgIpc) is 2.55. The summed E-state index contributed by atoms with van der Waals surface area (Å²) < 4.78 is 6.29. The molecule has 0 bridgehead atoms. The standard InChI is InChI=1S/C65H73N9O10/c1-41(2)33-51-58(76)68-53(35-46-36-66-50-28-16-14-25-47(46)50)64(82)73-32-18-30-55(73)59(77)69-52(34-43-19-7-4-8-20-43)63(81)71(37-44-21-9-5-10-22-44)40-65(83)49-27-15-13-26-48(49)62(80)74(65)38-56(75)72-31-17-29-54(72)60(78)70-57(61(79)67-51)42(3)84-39-45-23-11-6-12-24-45/h4-16,19-28,36,41-42,51-55,57,66,83H,17-18,29-35,37-40H2,1-3H3,(H,67,79)(H,68,76)(H,69,77)(H,70,78)/t42-,51+,52+,53+,54+,55+,57+,65+/m1/s1. The zero-order valence-corrected chi connectivity index (χ0v) is 47.6. The number of carbonyl (C=O) groups is 8. The van der Waals surface area contributed by atoms with E-state index in [4.69, 9.17) is 4.74 Å². The number of nitrogens with zero attached hydrogens (tertiary/aromatic N) is 4. The molecule has 84 heavy (non-hydrogen) atoms. The van der Waals surface area contributed by atoms with Gasteiger partial charge in [0.25, 0.3) is 5.91 Å². The number of hydrogen-bond donors (Lipinski definition) is 6. The Morgan fingerprint density at radius 2 is 1.17 bits per heavy atom. The minimum atomic E-state index is -2.32. The van der Waals surface area contributed by atoms with Crippen molar-refractivity contribution < 1.29 is 48.2 Å². The molecule has 0 radical (unpaired) electrons. The molecule has 19 heteroatoms. The molecule has 6 aromatic rings. The Bertz CT molecular complexity index is 3380. The molecule has 0 spiro atoms. The van der Waals surface area contributed by atoms with Crippen molar-refractivity contribution in [3.63, 3.8) is 0 Å². The van der Waals surface area contributed by atoms with Gasteiger partial charge >= 0.3 is 0 Å². The molecule has 8 amide bonds. The monoisotopic (exact) mass is 1140 g/mol. The summed E-state index contributed by atoms with van der Waals surface area (Å²) in [6, 6.07) is 33.9. The fraction of sp³-hybridized carbons (Fsp3) is 0.385. The number of aliphatic hydroxyl groups is 1. The van der Waals surface area contributed by atoms with Gasteiger partial charge in [0, 0.05) is 60.7 Å². The lowest BCUT2D eigenvalue weighted by Crippen LogP contribution is -2.62. The molecular weight excluding hydrogens is 1070 g/mol. The summed E-state index contributed by atoms with van der Waals surface area (Å²) in [5.41, 5.74) is 1.62. The molecule has 8 atom stereocenters. The Labute approximate surface area is 488 Å². The SMILES string of the molecule is CC(C)C[C@@H]1NC(=O)[C@H]([C@@H](C)OCc2ccccc2)NC(=O)[C@@H]2CCCN2C(=O)CN2C(=O)c3ccccc3[C@@]2(O)CN(Cc2ccccc2)C(=O)[C@H](Cc2ccccc2)NC(=O)[C@@H]2CCCN2C(=O)[C@H](Cc2c[nH]c3ccccc23)NC1=O. The van der Waals surface area contributed by atoms with Crippen molar-refractivity contribution in [1.82, 2.24) is 45.9 Å². The number of carbonyl (C=O) groups excluding carboxylic acids is 8. The number of ether oxygens (including phenoxy) is 1.